The van der Waals surface area contributed by atoms with Gasteiger partial charge in [0.15, 0.2) is 0 Å². The molecule has 13 heavy (non-hydrogen) atoms. The minimum atomic E-state index is -0.431. The lowest BCUT2D eigenvalue weighted by molar-refractivity contribution is 0.125. The Kier molecular flexibility index (Phi) is 3.91. The van der Waals surface area contributed by atoms with Gasteiger partial charge in [-0.3, -0.25) is 0 Å². The maximum atomic E-state index is 9.84. The predicted molar refractivity (Wildman–Crippen MR) is 59.9 cm³/mol. The lowest BCUT2D eigenvalue weighted by Crippen LogP contribution is -2.17. The highest BCUT2D eigenvalue weighted by molar-refractivity contribution is 9.10. The summed E-state index contributed by atoms with van der Waals surface area (Å²) in [4.78, 5) is 2.18. The van der Waals surface area contributed by atoms with E-state index in [9.17, 15) is 5.11 Å². The second kappa shape index (κ2) is 4.55. The summed E-state index contributed by atoms with van der Waals surface area (Å²) in [7, 11) is 0. The molecule has 0 saturated heterocycles. The Morgan fingerprint density at radius 3 is 2.69 bits per heavy atom. The summed E-state index contributed by atoms with van der Waals surface area (Å²) >= 11 is 5.04. The smallest absolute Gasteiger partial charge is 0.0919 e. The van der Waals surface area contributed by atoms with E-state index in [0.29, 0.717) is 6.54 Å². The van der Waals surface area contributed by atoms with Gasteiger partial charge in [0.2, 0.25) is 0 Å². The van der Waals surface area contributed by atoms with E-state index in [4.69, 9.17) is 5.73 Å². The number of aliphatic hydroxyl groups is 1. The molecule has 0 spiro atoms. The third-order valence-corrected chi connectivity index (χ3v) is 4.29. The number of aliphatic hydroxyl groups excluding tert-OH is 1. The Bertz CT molecular complexity index is 268. The van der Waals surface area contributed by atoms with E-state index < -0.39 is 6.10 Å². The van der Waals surface area contributed by atoms with Gasteiger partial charge in [0.1, 0.15) is 0 Å². The predicted octanol–water partition coefficient (Wildman–Crippen LogP) is 2.45. The van der Waals surface area contributed by atoms with Crippen molar-refractivity contribution in [3.63, 3.8) is 0 Å². The molecule has 0 aliphatic heterocycles. The van der Waals surface area contributed by atoms with E-state index in [1.165, 1.54) is 4.88 Å². The summed E-state index contributed by atoms with van der Waals surface area (Å²) in [5.74, 6) is 0.116. The molecule has 1 rings (SSSR count). The molecule has 0 fully saturated rings. The molecule has 0 aromatic carbocycles. The maximum Gasteiger partial charge on any atom is 0.0919 e. The minimum Gasteiger partial charge on any atom is -0.387 e. The van der Waals surface area contributed by atoms with Crippen LogP contribution in [-0.4, -0.2) is 11.7 Å². The quantitative estimate of drug-likeness (QED) is 0.880. The average Bonchev–Trinajstić information content (AvgIpc) is 2.44. The molecule has 3 N–H and O–H groups in total. The van der Waals surface area contributed by atoms with Gasteiger partial charge >= 0.3 is 0 Å². The first-order chi connectivity index (χ1) is 6.06. The molecule has 0 bridgehead atoms. The van der Waals surface area contributed by atoms with Crippen molar-refractivity contribution in [3.8, 4) is 0 Å². The van der Waals surface area contributed by atoms with Crippen LogP contribution in [0.3, 0.4) is 0 Å². The van der Waals surface area contributed by atoms with Gasteiger partial charge in [-0.15, -0.1) is 11.3 Å². The maximum absolute atomic E-state index is 9.84. The molecule has 0 radical (unpaired) electrons. The summed E-state index contributed by atoms with van der Waals surface area (Å²) < 4.78 is 1.07. The largest absolute Gasteiger partial charge is 0.387 e. The topological polar surface area (TPSA) is 46.2 Å². The van der Waals surface area contributed by atoms with E-state index in [1.807, 2.05) is 19.9 Å². The van der Waals surface area contributed by atoms with Crippen molar-refractivity contribution in [2.75, 3.05) is 6.54 Å². The molecule has 1 heterocycles. The van der Waals surface area contributed by atoms with Crippen molar-refractivity contribution in [3.05, 3.63) is 20.3 Å². The zero-order valence-electron chi connectivity index (χ0n) is 7.75. The molecule has 1 aromatic heterocycles. The van der Waals surface area contributed by atoms with Gasteiger partial charge in [0.25, 0.3) is 0 Å². The third kappa shape index (κ3) is 2.53. The Labute approximate surface area is 90.9 Å². The van der Waals surface area contributed by atoms with Gasteiger partial charge in [-0.1, -0.05) is 6.92 Å². The molecule has 0 saturated carbocycles. The molecular formula is C9H14BrNOS. The fourth-order valence-corrected chi connectivity index (χ4v) is 2.72. The Morgan fingerprint density at radius 1 is 1.69 bits per heavy atom. The van der Waals surface area contributed by atoms with Gasteiger partial charge < -0.3 is 10.8 Å². The lowest BCUT2D eigenvalue weighted by Gasteiger charge is -2.14. The molecule has 2 nitrogen and oxygen atoms in total. The summed E-state index contributed by atoms with van der Waals surface area (Å²) in [6.07, 6.45) is -0.431. The number of halogens is 1. The van der Waals surface area contributed by atoms with Crippen LogP contribution >= 0.6 is 27.3 Å². The third-order valence-electron chi connectivity index (χ3n) is 2.08. The van der Waals surface area contributed by atoms with Crippen LogP contribution in [0.5, 0.6) is 0 Å². The number of hydrogen-bond donors (Lipinski definition) is 2. The first-order valence-corrected chi connectivity index (χ1v) is 5.81. The van der Waals surface area contributed by atoms with Crippen molar-refractivity contribution >= 4 is 27.3 Å². The van der Waals surface area contributed by atoms with Gasteiger partial charge in [0, 0.05) is 14.2 Å². The first kappa shape index (κ1) is 11.2. The Hall–Kier alpha value is 0.100. The van der Waals surface area contributed by atoms with Gasteiger partial charge in [-0.2, -0.15) is 0 Å². The fourth-order valence-electron chi connectivity index (χ4n) is 1.04. The van der Waals surface area contributed by atoms with Crippen LogP contribution in [0.1, 0.15) is 22.8 Å². The van der Waals surface area contributed by atoms with Crippen molar-refractivity contribution in [2.24, 2.45) is 11.7 Å². The summed E-state index contributed by atoms with van der Waals surface area (Å²) in [5.41, 5.74) is 5.49. The average molecular weight is 264 g/mol. The van der Waals surface area contributed by atoms with Gasteiger partial charge in [-0.25, -0.2) is 0 Å². The first-order valence-electron chi connectivity index (χ1n) is 4.20. The van der Waals surface area contributed by atoms with Crippen LogP contribution in [0.4, 0.5) is 0 Å². The summed E-state index contributed by atoms with van der Waals surface area (Å²) in [6.45, 7) is 4.49. The highest BCUT2D eigenvalue weighted by Crippen LogP contribution is 2.33. The molecule has 1 aromatic rings. The molecule has 74 valence electrons. The van der Waals surface area contributed by atoms with Crippen LogP contribution in [0.2, 0.25) is 0 Å². The standard InChI is InChI=1S/C9H14BrNOS/c1-5(4-11)9(12)8-3-7(10)6(2)13-8/h3,5,9,12H,4,11H2,1-2H3. The molecule has 4 heteroatoms. The summed E-state index contributed by atoms with van der Waals surface area (Å²) in [6, 6.07) is 1.97. The van der Waals surface area contributed by atoms with Crippen LogP contribution in [0.25, 0.3) is 0 Å². The highest BCUT2D eigenvalue weighted by Gasteiger charge is 2.17. The van der Waals surface area contributed by atoms with Gasteiger partial charge in [-0.05, 0) is 41.4 Å². The van der Waals surface area contributed by atoms with E-state index in [-0.39, 0.29) is 5.92 Å². The van der Waals surface area contributed by atoms with E-state index in [0.717, 1.165) is 9.35 Å². The van der Waals surface area contributed by atoms with E-state index >= 15 is 0 Å². The lowest BCUT2D eigenvalue weighted by atomic mass is 10.0. The number of hydrogen-bond acceptors (Lipinski definition) is 3. The zero-order valence-corrected chi connectivity index (χ0v) is 10.2. The van der Waals surface area contributed by atoms with Crippen molar-refractivity contribution in [2.45, 2.75) is 20.0 Å². The molecule has 2 unspecified atom stereocenters. The van der Waals surface area contributed by atoms with Crippen LogP contribution in [0.15, 0.2) is 10.5 Å². The number of nitrogens with two attached hydrogens (primary N) is 1. The number of aryl methyl sites for hydroxylation is 1. The van der Waals surface area contributed by atoms with Gasteiger partial charge in [0.05, 0.1) is 6.10 Å². The van der Waals surface area contributed by atoms with Crippen molar-refractivity contribution in [1.29, 1.82) is 0 Å². The molecule has 0 aliphatic rings. The second-order valence-electron chi connectivity index (χ2n) is 3.21. The zero-order chi connectivity index (χ0) is 10.0. The second-order valence-corrected chi connectivity index (χ2v) is 5.35. The minimum absolute atomic E-state index is 0.116. The Morgan fingerprint density at radius 2 is 2.31 bits per heavy atom. The number of rotatable bonds is 3. The Balaban J connectivity index is 2.82. The normalized spacial score (nSPS) is 15.8. The highest BCUT2D eigenvalue weighted by atomic mass is 79.9. The number of thiophene rings is 1. The molecule has 0 amide bonds. The molecule has 0 aliphatic carbocycles. The van der Waals surface area contributed by atoms with Crippen molar-refractivity contribution in [1.82, 2.24) is 0 Å². The summed E-state index contributed by atoms with van der Waals surface area (Å²) in [5, 5.41) is 9.84. The monoisotopic (exact) mass is 263 g/mol. The van der Waals surface area contributed by atoms with Crippen LogP contribution < -0.4 is 5.73 Å². The molecular weight excluding hydrogens is 250 g/mol. The van der Waals surface area contributed by atoms with E-state index in [1.54, 1.807) is 11.3 Å². The van der Waals surface area contributed by atoms with Crippen LogP contribution in [-0.2, 0) is 0 Å². The van der Waals surface area contributed by atoms with Crippen molar-refractivity contribution < 1.29 is 5.11 Å². The van der Waals surface area contributed by atoms with Crippen LogP contribution in [0, 0.1) is 12.8 Å². The SMILES string of the molecule is Cc1sc(C(O)C(C)CN)cc1Br. The molecule has 2 atom stereocenters. The van der Waals surface area contributed by atoms with E-state index in [2.05, 4.69) is 15.9 Å². The fraction of sp³-hybridized carbons (Fsp3) is 0.556.